The van der Waals surface area contributed by atoms with Gasteiger partial charge in [0.25, 0.3) is 0 Å². The van der Waals surface area contributed by atoms with Gasteiger partial charge >= 0.3 is 0 Å². The van der Waals surface area contributed by atoms with Crippen LogP contribution in [0.2, 0.25) is 0 Å². The highest BCUT2D eigenvalue weighted by Crippen LogP contribution is 2.29. The minimum atomic E-state index is 0.615. The van der Waals surface area contributed by atoms with Gasteiger partial charge in [-0.25, -0.2) is 4.99 Å². The molecule has 2 heteroatoms. The minimum Gasteiger partial charge on any atom is -0.359 e. The smallest absolute Gasteiger partial charge is 0.131 e. The van der Waals surface area contributed by atoms with Gasteiger partial charge in [-0.3, -0.25) is 0 Å². The van der Waals surface area contributed by atoms with Gasteiger partial charge in [-0.05, 0) is 18.4 Å². The number of likely N-dealkylation sites (N-methyl/N-ethyl adjacent to an activating group) is 1. The molecule has 0 radical (unpaired) electrons. The highest BCUT2D eigenvalue weighted by Gasteiger charge is 2.31. The SMILES string of the molecule is C=CN=C1/C(=C\C)C(C(C)C)CN1C. The zero-order valence-corrected chi connectivity index (χ0v) is 9.62. The summed E-state index contributed by atoms with van der Waals surface area (Å²) in [6.45, 7) is 11.3. The average molecular weight is 192 g/mol. The highest BCUT2D eigenvalue weighted by molar-refractivity contribution is 6.01. The van der Waals surface area contributed by atoms with E-state index in [9.17, 15) is 0 Å². The second-order valence-electron chi connectivity index (χ2n) is 4.11. The summed E-state index contributed by atoms with van der Waals surface area (Å²) in [7, 11) is 2.09. The molecule has 0 spiro atoms. The second-order valence-corrected chi connectivity index (χ2v) is 4.11. The minimum absolute atomic E-state index is 0.615. The monoisotopic (exact) mass is 192 g/mol. The van der Waals surface area contributed by atoms with Crippen LogP contribution in [0, 0.1) is 11.8 Å². The van der Waals surface area contributed by atoms with Gasteiger partial charge in [-0.2, -0.15) is 0 Å². The van der Waals surface area contributed by atoms with Crippen molar-refractivity contribution in [1.29, 1.82) is 0 Å². The average Bonchev–Trinajstić information content (AvgIpc) is 2.44. The molecule has 0 aromatic rings. The number of allylic oxidation sites excluding steroid dienone is 1. The van der Waals surface area contributed by atoms with Crippen molar-refractivity contribution in [2.24, 2.45) is 16.8 Å². The van der Waals surface area contributed by atoms with Crippen LogP contribution in [0.5, 0.6) is 0 Å². The van der Waals surface area contributed by atoms with Gasteiger partial charge in [0.2, 0.25) is 0 Å². The first kappa shape index (κ1) is 11.0. The first-order chi connectivity index (χ1) is 6.61. The zero-order chi connectivity index (χ0) is 10.7. The van der Waals surface area contributed by atoms with Crippen LogP contribution in [-0.2, 0) is 0 Å². The van der Waals surface area contributed by atoms with Gasteiger partial charge in [0.15, 0.2) is 0 Å². The Morgan fingerprint density at radius 1 is 1.57 bits per heavy atom. The molecule has 2 nitrogen and oxygen atoms in total. The Hall–Kier alpha value is -1.05. The molecule has 0 aromatic heterocycles. The maximum atomic E-state index is 4.33. The molecule has 1 aliphatic heterocycles. The van der Waals surface area contributed by atoms with E-state index in [0.29, 0.717) is 11.8 Å². The van der Waals surface area contributed by atoms with Crippen LogP contribution in [0.15, 0.2) is 29.4 Å². The molecule has 78 valence electrons. The molecule has 1 atom stereocenters. The molecule has 0 N–H and O–H groups in total. The van der Waals surface area contributed by atoms with E-state index in [1.807, 2.05) is 0 Å². The Morgan fingerprint density at radius 2 is 2.21 bits per heavy atom. The van der Waals surface area contributed by atoms with E-state index in [4.69, 9.17) is 0 Å². The highest BCUT2D eigenvalue weighted by atomic mass is 15.2. The van der Waals surface area contributed by atoms with Crippen molar-refractivity contribution in [3.05, 3.63) is 24.4 Å². The molecule has 0 aromatic carbocycles. The molecule has 0 aliphatic carbocycles. The van der Waals surface area contributed by atoms with E-state index < -0.39 is 0 Å². The third-order valence-corrected chi connectivity index (χ3v) is 2.82. The number of amidine groups is 1. The van der Waals surface area contributed by atoms with Crippen LogP contribution in [0.25, 0.3) is 0 Å². The molecule has 1 unspecified atom stereocenters. The van der Waals surface area contributed by atoms with E-state index in [2.05, 4.69) is 50.4 Å². The van der Waals surface area contributed by atoms with E-state index in [1.165, 1.54) is 5.57 Å². The van der Waals surface area contributed by atoms with Crippen LogP contribution >= 0.6 is 0 Å². The lowest BCUT2D eigenvalue weighted by Gasteiger charge is -2.14. The third kappa shape index (κ3) is 1.89. The lowest BCUT2D eigenvalue weighted by Crippen LogP contribution is -2.20. The van der Waals surface area contributed by atoms with Crippen molar-refractivity contribution in [1.82, 2.24) is 4.90 Å². The molecule has 1 heterocycles. The van der Waals surface area contributed by atoms with Crippen molar-refractivity contribution in [2.45, 2.75) is 20.8 Å². The lowest BCUT2D eigenvalue weighted by atomic mass is 9.90. The van der Waals surface area contributed by atoms with Gasteiger partial charge in [0.05, 0.1) is 0 Å². The second kappa shape index (κ2) is 4.45. The molecule has 0 saturated carbocycles. The molecule has 1 aliphatic rings. The summed E-state index contributed by atoms with van der Waals surface area (Å²) in [4.78, 5) is 6.54. The fraction of sp³-hybridized carbons (Fsp3) is 0.583. The maximum absolute atomic E-state index is 4.33. The largest absolute Gasteiger partial charge is 0.359 e. The van der Waals surface area contributed by atoms with Gasteiger partial charge < -0.3 is 4.90 Å². The van der Waals surface area contributed by atoms with Crippen LogP contribution in [-0.4, -0.2) is 24.3 Å². The molecule has 0 bridgehead atoms. The molecule has 1 saturated heterocycles. The van der Waals surface area contributed by atoms with Crippen LogP contribution in [0.4, 0.5) is 0 Å². The summed E-state index contributed by atoms with van der Waals surface area (Å²) >= 11 is 0. The zero-order valence-electron chi connectivity index (χ0n) is 9.62. The van der Waals surface area contributed by atoms with Gasteiger partial charge in [0.1, 0.15) is 5.84 Å². The van der Waals surface area contributed by atoms with Crippen LogP contribution in [0.1, 0.15) is 20.8 Å². The van der Waals surface area contributed by atoms with Crippen molar-refractivity contribution in [3.63, 3.8) is 0 Å². The summed E-state index contributed by atoms with van der Waals surface area (Å²) in [6.07, 6.45) is 3.80. The summed E-state index contributed by atoms with van der Waals surface area (Å²) in [5.41, 5.74) is 1.36. The number of aliphatic imine (C=N–C) groups is 1. The normalized spacial score (nSPS) is 28.1. The van der Waals surface area contributed by atoms with Gasteiger partial charge in [0, 0.05) is 25.7 Å². The van der Waals surface area contributed by atoms with Crippen LogP contribution in [0.3, 0.4) is 0 Å². The third-order valence-electron chi connectivity index (χ3n) is 2.82. The summed E-state index contributed by atoms with van der Waals surface area (Å²) in [5, 5.41) is 0. The fourth-order valence-corrected chi connectivity index (χ4v) is 2.04. The van der Waals surface area contributed by atoms with E-state index in [0.717, 1.165) is 12.4 Å². The molecule has 1 rings (SSSR count). The topological polar surface area (TPSA) is 15.6 Å². The summed E-state index contributed by atoms with van der Waals surface area (Å²) in [5.74, 6) is 2.37. The lowest BCUT2D eigenvalue weighted by molar-refractivity contribution is 0.394. The van der Waals surface area contributed by atoms with Crippen molar-refractivity contribution < 1.29 is 0 Å². The number of hydrogen-bond donors (Lipinski definition) is 0. The number of hydrogen-bond acceptors (Lipinski definition) is 1. The Labute approximate surface area is 87.0 Å². The molecular formula is C12H20N2. The van der Waals surface area contributed by atoms with Crippen molar-refractivity contribution in [3.8, 4) is 0 Å². The van der Waals surface area contributed by atoms with Crippen LogP contribution < -0.4 is 0 Å². The first-order valence-electron chi connectivity index (χ1n) is 5.18. The quantitative estimate of drug-likeness (QED) is 0.657. The number of likely N-dealkylation sites (tertiary alicyclic amines) is 1. The Balaban J connectivity index is 3.01. The molecule has 0 amide bonds. The first-order valence-corrected chi connectivity index (χ1v) is 5.18. The Morgan fingerprint density at radius 3 is 2.64 bits per heavy atom. The van der Waals surface area contributed by atoms with Gasteiger partial charge in [-0.15, -0.1) is 0 Å². The fourth-order valence-electron chi connectivity index (χ4n) is 2.04. The standard InChI is InChI=1S/C12H20N2/c1-6-10-11(9(3)4)8-14(5)12(10)13-7-2/h6-7,9,11H,2,8H2,1,3-5H3/b10-6-,13-12?. The Bertz CT molecular complexity index is 274. The molecule has 14 heavy (non-hydrogen) atoms. The Kier molecular flexibility index (Phi) is 3.50. The maximum Gasteiger partial charge on any atom is 0.131 e. The van der Waals surface area contributed by atoms with E-state index in [1.54, 1.807) is 6.20 Å². The molecule has 1 fully saturated rings. The van der Waals surface area contributed by atoms with Gasteiger partial charge in [-0.1, -0.05) is 26.5 Å². The molecular weight excluding hydrogens is 172 g/mol. The summed E-state index contributed by atoms with van der Waals surface area (Å²) in [6, 6.07) is 0. The van der Waals surface area contributed by atoms with Crippen molar-refractivity contribution >= 4 is 5.84 Å². The number of nitrogens with zero attached hydrogens (tertiary/aromatic N) is 2. The summed E-state index contributed by atoms with van der Waals surface area (Å²) < 4.78 is 0. The number of rotatable bonds is 2. The van der Waals surface area contributed by atoms with E-state index in [-0.39, 0.29) is 0 Å². The predicted octanol–water partition coefficient (Wildman–Crippen LogP) is 2.69. The van der Waals surface area contributed by atoms with Crippen molar-refractivity contribution in [2.75, 3.05) is 13.6 Å². The van der Waals surface area contributed by atoms with E-state index >= 15 is 0 Å². The predicted molar refractivity (Wildman–Crippen MR) is 62.3 cm³/mol.